The molecule has 1 N–H and O–H groups in total. The Bertz CT molecular complexity index is 819. The lowest BCUT2D eigenvalue weighted by atomic mass is 10.0. The van der Waals surface area contributed by atoms with Gasteiger partial charge in [-0.05, 0) is 63.9 Å². The summed E-state index contributed by atoms with van der Waals surface area (Å²) in [6, 6.07) is 4.40. The van der Waals surface area contributed by atoms with Crippen molar-refractivity contribution in [2.24, 2.45) is 12.0 Å². The first kappa shape index (κ1) is 20.0. The highest BCUT2D eigenvalue weighted by Crippen LogP contribution is 2.29. The van der Waals surface area contributed by atoms with Gasteiger partial charge < -0.3 is 14.6 Å². The number of hydrogen-bond acceptors (Lipinski definition) is 4. The minimum Gasteiger partial charge on any atom is -0.465 e. The van der Waals surface area contributed by atoms with Gasteiger partial charge in [0.2, 0.25) is 0 Å². The number of aromatic nitrogens is 2. The molecule has 0 radical (unpaired) electrons. The largest absolute Gasteiger partial charge is 0.465 e. The van der Waals surface area contributed by atoms with Gasteiger partial charge in [0, 0.05) is 38.8 Å². The zero-order valence-electron chi connectivity index (χ0n) is 18.0. The second-order valence-corrected chi connectivity index (χ2v) is 8.28. The maximum Gasteiger partial charge on any atom is 0.194 e. The molecule has 0 saturated carbocycles. The van der Waals surface area contributed by atoms with Crippen molar-refractivity contribution in [2.45, 2.75) is 45.1 Å². The first-order valence-electron chi connectivity index (χ1n) is 11.0. The second kappa shape index (κ2) is 9.03. The van der Waals surface area contributed by atoms with Gasteiger partial charge in [0.1, 0.15) is 11.5 Å². The molecule has 2 aromatic heterocycles. The van der Waals surface area contributed by atoms with Crippen molar-refractivity contribution >= 4 is 5.96 Å². The van der Waals surface area contributed by atoms with Gasteiger partial charge in [-0.3, -0.25) is 14.6 Å². The summed E-state index contributed by atoms with van der Waals surface area (Å²) in [5, 5.41) is 7.85. The number of likely N-dealkylation sites (tertiary alicyclic amines) is 2. The highest BCUT2D eigenvalue weighted by molar-refractivity contribution is 5.80. The van der Waals surface area contributed by atoms with Crippen molar-refractivity contribution in [3.63, 3.8) is 0 Å². The highest BCUT2D eigenvalue weighted by Gasteiger charge is 2.29. The number of nitrogens with zero attached hydrogens (tertiary/aromatic N) is 5. The topological polar surface area (TPSA) is 61.8 Å². The molecule has 0 bridgehead atoms. The van der Waals surface area contributed by atoms with Crippen LogP contribution in [0.5, 0.6) is 0 Å². The third-order valence-electron chi connectivity index (χ3n) is 6.10. The molecule has 2 aliphatic heterocycles. The van der Waals surface area contributed by atoms with Crippen LogP contribution in [0.3, 0.4) is 0 Å². The lowest BCUT2D eigenvalue weighted by molar-refractivity contribution is 0.218. The standard InChI is InChI=1S/C22H34N6O/c1-4-23-22(28-12-9-18(16-28)19-13-25-26(3)15-19)24-14-20(27-10-5-6-11-27)21-8-7-17(2)29-21/h7-8,13,15,18,20H,4-6,9-12,14,16H2,1-3H3,(H,23,24). The summed E-state index contributed by atoms with van der Waals surface area (Å²) in [6.07, 6.45) is 7.81. The molecule has 0 aliphatic carbocycles. The number of rotatable bonds is 6. The normalized spacial score (nSPS) is 21.8. The summed E-state index contributed by atoms with van der Waals surface area (Å²) in [6.45, 7) is 10.0. The van der Waals surface area contributed by atoms with Crippen molar-refractivity contribution in [1.29, 1.82) is 0 Å². The van der Waals surface area contributed by atoms with Gasteiger partial charge in [-0.1, -0.05) is 0 Å². The Morgan fingerprint density at radius 2 is 2.14 bits per heavy atom. The van der Waals surface area contributed by atoms with Crippen LogP contribution in [0.1, 0.15) is 55.2 Å². The van der Waals surface area contributed by atoms with Crippen LogP contribution in [0.25, 0.3) is 0 Å². The van der Waals surface area contributed by atoms with E-state index < -0.39 is 0 Å². The molecule has 2 aliphatic rings. The van der Waals surface area contributed by atoms with E-state index in [-0.39, 0.29) is 6.04 Å². The van der Waals surface area contributed by atoms with E-state index >= 15 is 0 Å². The van der Waals surface area contributed by atoms with Crippen molar-refractivity contribution in [2.75, 3.05) is 39.3 Å². The Morgan fingerprint density at radius 3 is 2.79 bits per heavy atom. The van der Waals surface area contributed by atoms with Crippen LogP contribution in [0.15, 0.2) is 33.9 Å². The summed E-state index contributed by atoms with van der Waals surface area (Å²) in [7, 11) is 1.98. The fourth-order valence-electron chi connectivity index (χ4n) is 4.55. The molecule has 0 spiro atoms. The SMILES string of the molecule is CCNC(=NCC(c1ccc(C)o1)N1CCCC1)N1CCC(c2cnn(C)c2)C1. The fraction of sp³-hybridized carbons (Fsp3) is 0.636. The van der Waals surface area contributed by atoms with Gasteiger partial charge in [-0.15, -0.1) is 0 Å². The van der Waals surface area contributed by atoms with E-state index in [1.165, 1.54) is 18.4 Å². The molecule has 2 saturated heterocycles. The van der Waals surface area contributed by atoms with Crippen LogP contribution in [-0.4, -0.2) is 64.8 Å². The Kier molecular flexibility index (Phi) is 6.23. The maximum atomic E-state index is 6.00. The van der Waals surface area contributed by atoms with Crippen molar-refractivity contribution in [1.82, 2.24) is 24.9 Å². The number of aliphatic imine (C=N–C) groups is 1. The zero-order chi connectivity index (χ0) is 20.2. The molecule has 0 amide bonds. The molecule has 0 aromatic carbocycles. The van der Waals surface area contributed by atoms with E-state index in [0.717, 1.165) is 63.2 Å². The van der Waals surface area contributed by atoms with Crippen molar-refractivity contribution < 1.29 is 4.42 Å². The van der Waals surface area contributed by atoms with Crippen LogP contribution >= 0.6 is 0 Å². The van der Waals surface area contributed by atoms with E-state index in [1.807, 2.05) is 24.9 Å². The molecule has 2 atom stereocenters. The third-order valence-corrected chi connectivity index (χ3v) is 6.10. The maximum absolute atomic E-state index is 6.00. The summed E-state index contributed by atoms with van der Waals surface area (Å²) in [4.78, 5) is 9.99. The third kappa shape index (κ3) is 4.66. The zero-order valence-corrected chi connectivity index (χ0v) is 18.0. The summed E-state index contributed by atoms with van der Waals surface area (Å²) in [5.41, 5.74) is 1.33. The number of furan rings is 1. The van der Waals surface area contributed by atoms with Crippen LogP contribution in [0.2, 0.25) is 0 Å². The minimum absolute atomic E-state index is 0.219. The van der Waals surface area contributed by atoms with Gasteiger partial charge in [0.05, 0.1) is 18.8 Å². The van der Waals surface area contributed by atoms with E-state index in [1.54, 1.807) is 0 Å². The second-order valence-electron chi connectivity index (χ2n) is 8.28. The predicted molar refractivity (Wildman–Crippen MR) is 115 cm³/mol. The molecule has 29 heavy (non-hydrogen) atoms. The summed E-state index contributed by atoms with van der Waals surface area (Å²) >= 11 is 0. The average molecular weight is 399 g/mol. The average Bonchev–Trinajstić information content (AvgIpc) is 3.49. The van der Waals surface area contributed by atoms with E-state index in [4.69, 9.17) is 9.41 Å². The van der Waals surface area contributed by atoms with E-state index in [9.17, 15) is 0 Å². The quantitative estimate of drug-likeness (QED) is 0.599. The minimum atomic E-state index is 0.219. The lowest BCUT2D eigenvalue weighted by Crippen LogP contribution is -2.40. The Balaban J connectivity index is 1.48. The van der Waals surface area contributed by atoms with Crippen LogP contribution in [-0.2, 0) is 7.05 Å². The molecular weight excluding hydrogens is 364 g/mol. The molecule has 2 fully saturated rings. The molecule has 2 aromatic rings. The van der Waals surface area contributed by atoms with Gasteiger partial charge in [0.15, 0.2) is 5.96 Å². The Hall–Kier alpha value is -2.28. The molecule has 4 rings (SSSR count). The molecule has 7 heteroatoms. The van der Waals surface area contributed by atoms with E-state index in [0.29, 0.717) is 5.92 Å². The summed E-state index contributed by atoms with van der Waals surface area (Å²) in [5.74, 6) is 3.55. The Labute approximate surface area is 173 Å². The van der Waals surface area contributed by atoms with Gasteiger partial charge in [-0.25, -0.2) is 0 Å². The lowest BCUT2D eigenvalue weighted by Gasteiger charge is -2.26. The smallest absolute Gasteiger partial charge is 0.194 e. The highest BCUT2D eigenvalue weighted by atomic mass is 16.3. The molecular formula is C22H34N6O. The summed E-state index contributed by atoms with van der Waals surface area (Å²) < 4.78 is 7.89. The predicted octanol–water partition coefficient (Wildman–Crippen LogP) is 2.91. The molecule has 7 nitrogen and oxygen atoms in total. The fourth-order valence-corrected chi connectivity index (χ4v) is 4.55. The van der Waals surface area contributed by atoms with Crippen molar-refractivity contribution in [3.8, 4) is 0 Å². The van der Waals surface area contributed by atoms with Gasteiger partial charge in [0.25, 0.3) is 0 Å². The molecule has 158 valence electrons. The number of hydrogen-bond donors (Lipinski definition) is 1. The first-order valence-corrected chi connectivity index (χ1v) is 11.0. The monoisotopic (exact) mass is 398 g/mol. The Morgan fingerprint density at radius 1 is 1.31 bits per heavy atom. The van der Waals surface area contributed by atoms with Gasteiger partial charge in [-0.2, -0.15) is 5.10 Å². The van der Waals surface area contributed by atoms with Crippen molar-refractivity contribution in [3.05, 3.63) is 41.6 Å². The van der Waals surface area contributed by atoms with Crippen LogP contribution in [0.4, 0.5) is 0 Å². The molecule has 4 heterocycles. The van der Waals surface area contributed by atoms with Crippen LogP contribution in [0, 0.1) is 6.92 Å². The molecule has 2 unspecified atom stereocenters. The first-order chi connectivity index (χ1) is 14.1. The number of aryl methyl sites for hydroxylation is 2. The van der Waals surface area contributed by atoms with E-state index in [2.05, 4.69) is 45.5 Å². The van der Waals surface area contributed by atoms with Crippen LogP contribution < -0.4 is 5.32 Å². The number of guanidine groups is 1. The number of nitrogens with one attached hydrogen (secondary N) is 1. The van der Waals surface area contributed by atoms with Gasteiger partial charge >= 0.3 is 0 Å².